The number of ether oxygens (including phenoxy) is 2. The Morgan fingerprint density at radius 3 is 2.20 bits per heavy atom. The highest BCUT2D eigenvalue weighted by Crippen LogP contribution is 2.53. The van der Waals surface area contributed by atoms with Gasteiger partial charge in [0.25, 0.3) is 0 Å². The maximum absolute atomic E-state index is 13.3. The summed E-state index contributed by atoms with van der Waals surface area (Å²) in [6.07, 6.45) is 8.07. The van der Waals surface area contributed by atoms with Crippen LogP contribution < -0.4 is 0 Å². The van der Waals surface area contributed by atoms with Crippen LogP contribution in [0.2, 0.25) is 6.32 Å². The summed E-state index contributed by atoms with van der Waals surface area (Å²) in [4.78, 5) is 26.5. The highest BCUT2D eigenvalue weighted by atomic mass is 16.7. The lowest BCUT2D eigenvalue weighted by Crippen LogP contribution is -2.46. The number of carbonyl (C=O) groups is 2. The molecule has 3 aliphatic rings. The zero-order valence-corrected chi connectivity index (χ0v) is 21.8. The molecule has 1 aromatic carbocycles. The lowest BCUT2D eigenvalue weighted by atomic mass is 9.66. The number of allylic oxidation sites excluding steroid dienone is 3. The van der Waals surface area contributed by atoms with Gasteiger partial charge >= 0.3 is 19.1 Å². The van der Waals surface area contributed by atoms with Crippen molar-refractivity contribution in [1.29, 1.82) is 0 Å². The van der Waals surface area contributed by atoms with Crippen molar-refractivity contribution in [2.24, 2.45) is 17.3 Å². The molecule has 0 aromatic heterocycles. The predicted octanol–water partition coefficient (Wildman–Crippen LogP) is 5.24. The van der Waals surface area contributed by atoms with Crippen molar-refractivity contribution in [3.05, 3.63) is 53.1 Å². The molecule has 2 fully saturated rings. The second-order valence-corrected chi connectivity index (χ2v) is 11.0. The quantitative estimate of drug-likeness (QED) is 0.240. The molecule has 6 nitrogen and oxygen atoms in total. The first-order valence-corrected chi connectivity index (χ1v) is 12.5. The Balaban J connectivity index is 1.69. The van der Waals surface area contributed by atoms with Crippen LogP contribution in [-0.2, 0) is 28.4 Å². The number of carbonyl (C=O) groups excluding carboxylic acids is 2. The number of hydrogen-bond donors (Lipinski definition) is 0. The molecule has 0 N–H and O–H groups in total. The van der Waals surface area contributed by atoms with Gasteiger partial charge in [0.15, 0.2) is 5.41 Å². The van der Waals surface area contributed by atoms with Gasteiger partial charge in [-0.25, -0.2) is 0 Å². The summed E-state index contributed by atoms with van der Waals surface area (Å²) in [6, 6.07) is 10.3. The number of hydrogen-bond acceptors (Lipinski definition) is 6. The van der Waals surface area contributed by atoms with Crippen molar-refractivity contribution < 1.29 is 28.4 Å². The fraction of sp³-hybridized carbons (Fsp3) is 0.571. The van der Waals surface area contributed by atoms with Gasteiger partial charge in [-0.1, -0.05) is 53.6 Å². The van der Waals surface area contributed by atoms with Gasteiger partial charge < -0.3 is 18.8 Å². The van der Waals surface area contributed by atoms with Crippen LogP contribution in [0.4, 0.5) is 0 Å². The van der Waals surface area contributed by atoms with E-state index < -0.39 is 41.6 Å². The molecule has 2 aliphatic carbocycles. The van der Waals surface area contributed by atoms with Gasteiger partial charge in [0.05, 0.1) is 25.4 Å². The topological polar surface area (TPSA) is 71.1 Å². The van der Waals surface area contributed by atoms with E-state index in [9.17, 15) is 9.59 Å². The summed E-state index contributed by atoms with van der Waals surface area (Å²) in [5.74, 6) is -1.40. The van der Waals surface area contributed by atoms with E-state index in [2.05, 4.69) is 24.3 Å². The van der Waals surface area contributed by atoms with E-state index in [1.54, 1.807) is 0 Å². The number of esters is 2. The molecule has 7 heteroatoms. The standard InChI is InChI=1S/C28H37BO6/c1-26(2)27(3,4)35-29(34-26)18-22-16-21(17-28(22,24(30)32-5)25(31)33-6)23-14-10-13-20(23)15-19-11-8-7-9-12-19/h7-9,11-12,15-16,22-23H,10,13-14,17-18H2,1-6H3/b20-15+. The fourth-order valence-electron chi connectivity index (χ4n) is 5.81. The highest BCUT2D eigenvalue weighted by molar-refractivity contribution is 6.45. The number of methoxy groups -OCH3 is 2. The van der Waals surface area contributed by atoms with Crippen LogP contribution in [0.15, 0.2) is 47.6 Å². The molecule has 1 aliphatic heterocycles. The number of rotatable bonds is 6. The summed E-state index contributed by atoms with van der Waals surface area (Å²) in [7, 11) is 2.11. The smallest absolute Gasteiger partial charge is 0.458 e. The Morgan fingerprint density at radius 2 is 1.63 bits per heavy atom. The SMILES string of the molecule is COC(=O)C1(C(=O)OC)CC(C2CCC/C2=C\c2ccccc2)=CC1CB1OC(C)(C)C(C)(C)O1. The van der Waals surface area contributed by atoms with Crippen molar-refractivity contribution in [1.82, 2.24) is 0 Å². The molecule has 0 radical (unpaired) electrons. The van der Waals surface area contributed by atoms with Gasteiger partial charge in [0.2, 0.25) is 0 Å². The van der Waals surface area contributed by atoms with Gasteiger partial charge in [-0.05, 0) is 65.3 Å². The second-order valence-electron chi connectivity index (χ2n) is 11.0. The van der Waals surface area contributed by atoms with Crippen molar-refractivity contribution in [2.45, 2.75) is 70.9 Å². The Kier molecular flexibility index (Phi) is 7.04. The summed E-state index contributed by atoms with van der Waals surface area (Å²) in [6.45, 7) is 7.98. The Bertz CT molecular complexity index is 993. The summed E-state index contributed by atoms with van der Waals surface area (Å²) in [5.41, 5.74) is 1.15. The van der Waals surface area contributed by atoms with Crippen LogP contribution in [0.25, 0.3) is 6.08 Å². The third-order valence-electron chi connectivity index (χ3n) is 8.38. The minimum Gasteiger partial charge on any atom is -0.468 e. The fourth-order valence-corrected chi connectivity index (χ4v) is 5.81. The molecule has 0 amide bonds. The first-order chi connectivity index (χ1) is 16.5. The van der Waals surface area contributed by atoms with Gasteiger partial charge in [-0.3, -0.25) is 9.59 Å². The number of benzene rings is 1. The van der Waals surface area contributed by atoms with Crippen LogP contribution in [0.1, 0.15) is 58.9 Å². The molecule has 35 heavy (non-hydrogen) atoms. The zero-order valence-electron chi connectivity index (χ0n) is 21.8. The molecule has 0 spiro atoms. The zero-order chi connectivity index (χ0) is 25.4. The van der Waals surface area contributed by atoms with Crippen molar-refractivity contribution in [3.63, 3.8) is 0 Å². The molecule has 1 aromatic rings. The van der Waals surface area contributed by atoms with Crippen LogP contribution in [0.3, 0.4) is 0 Å². The van der Waals surface area contributed by atoms with E-state index in [-0.39, 0.29) is 12.3 Å². The lowest BCUT2D eigenvalue weighted by molar-refractivity contribution is -0.171. The van der Waals surface area contributed by atoms with E-state index >= 15 is 0 Å². The van der Waals surface area contributed by atoms with Crippen LogP contribution >= 0.6 is 0 Å². The van der Waals surface area contributed by atoms with Crippen LogP contribution in [-0.4, -0.2) is 44.5 Å². The van der Waals surface area contributed by atoms with E-state index in [4.69, 9.17) is 18.8 Å². The predicted molar refractivity (Wildman–Crippen MR) is 135 cm³/mol. The molecule has 4 rings (SSSR count). The van der Waals surface area contributed by atoms with Gasteiger partial charge in [0.1, 0.15) is 0 Å². The molecule has 1 saturated heterocycles. The molecule has 0 bridgehead atoms. The minimum atomic E-state index is -1.44. The molecule has 1 saturated carbocycles. The molecule has 188 valence electrons. The molecule has 1 heterocycles. The largest absolute Gasteiger partial charge is 0.468 e. The summed E-state index contributed by atoms with van der Waals surface area (Å²) < 4.78 is 22.9. The van der Waals surface area contributed by atoms with Crippen molar-refractivity contribution >= 4 is 25.1 Å². The van der Waals surface area contributed by atoms with Gasteiger partial charge in [-0.15, -0.1) is 0 Å². The third-order valence-corrected chi connectivity index (χ3v) is 8.38. The lowest BCUT2D eigenvalue weighted by Gasteiger charge is -2.32. The monoisotopic (exact) mass is 480 g/mol. The summed E-state index contributed by atoms with van der Waals surface area (Å²) >= 11 is 0. The Morgan fingerprint density at radius 1 is 1.03 bits per heavy atom. The average molecular weight is 480 g/mol. The second kappa shape index (κ2) is 9.59. The van der Waals surface area contributed by atoms with Crippen molar-refractivity contribution in [3.8, 4) is 0 Å². The maximum Gasteiger partial charge on any atom is 0.458 e. The maximum atomic E-state index is 13.3. The van der Waals surface area contributed by atoms with Crippen molar-refractivity contribution in [2.75, 3.05) is 14.2 Å². The first kappa shape index (κ1) is 25.7. The van der Waals surface area contributed by atoms with Gasteiger partial charge in [0, 0.05) is 11.8 Å². The Labute approximate surface area is 209 Å². The summed E-state index contributed by atoms with van der Waals surface area (Å²) in [5, 5.41) is 0. The molecule has 2 unspecified atom stereocenters. The normalized spacial score (nSPS) is 27.7. The molecular formula is C28H37BO6. The van der Waals surface area contributed by atoms with E-state index in [0.717, 1.165) is 30.4 Å². The van der Waals surface area contributed by atoms with E-state index in [1.807, 2.05) is 45.9 Å². The first-order valence-electron chi connectivity index (χ1n) is 12.5. The Hall–Kier alpha value is -2.38. The van der Waals surface area contributed by atoms with Crippen LogP contribution in [0, 0.1) is 17.3 Å². The molecule has 2 atom stereocenters. The highest BCUT2D eigenvalue weighted by Gasteiger charge is 2.61. The molecular weight excluding hydrogens is 443 g/mol. The van der Waals surface area contributed by atoms with Gasteiger partial charge in [-0.2, -0.15) is 0 Å². The van der Waals surface area contributed by atoms with E-state index in [0.29, 0.717) is 6.32 Å². The third kappa shape index (κ3) is 4.61. The van der Waals surface area contributed by atoms with Crippen LogP contribution in [0.5, 0.6) is 0 Å². The average Bonchev–Trinajstić information content (AvgIpc) is 3.48. The van der Waals surface area contributed by atoms with E-state index in [1.165, 1.54) is 19.8 Å². The minimum absolute atomic E-state index is 0.187.